The van der Waals surface area contributed by atoms with E-state index in [0.29, 0.717) is 18.0 Å². The van der Waals surface area contributed by atoms with Crippen LogP contribution in [0.2, 0.25) is 0 Å². The van der Waals surface area contributed by atoms with Gasteiger partial charge in [-0.05, 0) is 33.1 Å². The number of morpholine rings is 1. The number of nitrogens with zero attached hydrogens (tertiary/aromatic N) is 1. The number of hydrogen-bond acceptors (Lipinski definition) is 3. The molecule has 0 saturated carbocycles. The molecular formula is C13H22N2O2. The van der Waals surface area contributed by atoms with Crippen molar-refractivity contribution in [2.75, 3.05) is 13.1 Å². The van der Waals surface area contributed by atoms with Crippen molar-refractivity contribution in [2.24, 2.45) is 5.92 Å². The van der Waals surface area contributed by atoms with Crippen molar-refractivity contribution in [3.05, 3.63) is 0 Å². The molecule has 5 unspecified atom stereocenters. The Morgan fingerprint density at radius 2 is 1.94 bits per heavy atom. The number of rotatable bonds is 1. The Morgan fingerprint density at radius 1 is 1.24 bits per heavy atom. The zero-order chi connectivity index (χ0) is 12.0. The van der Waals surface area contributed by atoms with Crippen molar-refractivity contribution in [1.82, 2.24) is 10.2 Å². The van der Waals surface area contributed by atoms with E-state index in [1.165, 1.54) is 12.8 Å². The molecule has 0 aliphatic carbocycles. The van der Waals surface area contributed by atoms with Gasteiger partial charge in [-0.3, -0.25) is 4.79 Å². The van der Waals surface area contributed by atoms with Gasteiger partial charge in [0.15, 0.2) is 0 Å². The molecule has 3 fully saturated rings. The van der Waals surface area contributed by atoms with Gasteiger partial charge in [0.25, 0.3) is 0 Å². The van der Waals surface area contributed by atoms with Gasteiger partial charge in [0, 0.05) is 25.2 Å². The van der Waals surface area contributed by atoms with Gasteiger partial charge in [0.2, 0.25) is 5.91 Å². The fourth-order valence-corrected chi connectivity index (χ4v) is 3.69. The highest BCUT2D eigenvalue weighted by molar-refractivity contribution is 5.80. The number of amides is 1. The fourth-order valence-electron chi connectivity index (χ4n) is 3.69. The van der Waals surface area contributed by atoms with Gasteiger partial charge < -0.3 is 15.0 Å². The predicted octanol–water partition coefficient (Wildman–Crippen LogP) is 0.763. The molecule has 0 radical (unpaired) electrons. The van der Waals surface area contributed by atoms with E-state index in [0.717, 1.165) is 19.5 Å². The maximum absolute atomic E-state index is 12.5. The number of carbonyl (C=O) groups excluding carboxylic acids is 1. The number of hydrogen-bond donors (Lipinski definition) is 1. The van der Waals surface area contributed by atoms with Crippen LogP contribution in [0.5, 0.6) is 0 Å². The number of fused-ring (bicyclic) bond motifs is 2. The predicted molar refractivity (Wildman–Crippen MR) is 64.6 cm³/mol. The average Bonchev–Trinajstić information content (AvgIpc) is 2.88. The Labute approximate surface area is 103 Å². The van der Waals surface area contributed by atoms with Crippen molar-refractivity contribution in [3.8, 4) is 0 Å². The van der Waals surface area contributed by atoms with Gasteiger partial charge in [-0.25, -0.2) is 0 Å². The molecule has 17 heavy (non-hydrogen) atoms. The molecule has 0 aromatic rings. The van der Waals surface area contributed by atoms with Gasteiger partial charge in [0.05, 0.1) is 18.1 Å². The summed E-state index contributed by atoms with van der Waals surface area (Å²) in [7, 11) is 0. The molecule has 3 rings (SSSR count). The lowest BCUT2D eigenvalue weighted by atomic mass is 9.88. The Kier molecular flexibility index (Phi) is 2.87. The quantitative estimate of drug-likeness (QED) is 0.733. The van der Waals surface area contributed by atoms with E-state index in [4.69, 9.17) is 4.74 Å². The minimum Gasteiger partial charge on any atom is -0.372 e. The maximum atomic E-state index is 12.5. The molecule has 4 heteroatoms. The molecule has 3 heterocycles. The molecule has 2 bridgehead atoms. The third kappa shape index (κ3) is 2.08. The lowest BCUT2D eigenvalue weighted by Gasteiger charge is -2.37. The summed E-state index contributed by atoms with van der Waals surface area (Å²) in [6, 6.07) is 1.05. The van der Waals surface area contributed by atoms with Crippen molar-refractivity contribution < 1.29 is 9.53 Å². The summed E-state index contributed by atoms with van der Waals surface area (Å²) in [5.74, 6) is 0.581. The van der Waals surface area contributed by atoms with Crippen LogP contribution < -0.4 is 5.32 Å². The van der Waals surface area contributed by atoms with Crippen LogP contribution in [0, 0.1) is 5.92 Å². The molecule has 3 aliphatic heterocycles. The van der Waals surface area contributed by atoms with Crippen molar-refractivity contribution in [1.29, 1.82) is 0 Å². The lowest BCUT2D eigenvalue weighted by Crippen LogP contribution is -2.51. The van der Waals surface area contributed by atoms with Crippen LogP contribution >= 0.6 is 0 Å². The summed E-state index contributed by atoms with van der Waals surface area (Å²) in [6.07, 6.45) is 3.83. The molecule has 4 nitrogen and oxygen atoms in total. The van der Waals surface area contributed by atoms with Crippen LogP contribution in [-0.2, 0) is 9.53 Å². The number of carbonyl (C=O) groups is 1. The second-order valence-corrected chi connectivity index (χ2v) is 5.89. The molecule has 0 aromatic carbocycles. The minimum atomic E-state index is 0.175. The Morgan fingerprint density at radius 3 is 2.47 bits per heavy atom. The van der Waals surface area contributed by atoms with Gasteiger partial charge in [-0.2, -0.15) is 0 Å². The highest BCUT2D eigenvalue weighted by atomic mass is 16.5. The number of nitrogens with one attached hydrogen (secondary N) is 1. The van der Waals surface area contributed by atoms with E-state index in [9.17, 15) is 4.79 Å². The first kappa shape index (κ1) is 11.5. The van der Waals surface area contributed by atoms with E-state index in [2.05, 4.69) is 19.2 Å². The molecule has 3 saturated heterocycles. The first-order valence-electron chi connectivity index (χ1n) is 6.84. The van der Waals surface area contributed by atoms with E-state index >= 15 is 0 Å². The second-order valence-electron chi connectivity index (χ2n) is 5.89. The van der Waals surface area contributed by atoms with Crippen LogP contribution in [0.3, 0.4) is 0 Å². The molecule has 96 valence electrons. The van der Waals surface area contributed by atoms with Gasteiger partial charge >= 0.3 is 0 Å². The second kappa shape index (κ2) is 4.25. The zero-order valence-corrected chi connectivity index (χ0v) is 10.7. The molecular weight excluding hydrogens is 216 g/mol. The van der Waals surface area contributed by atoms with Crippen LogP contribution in [-0.4, -0.2) is 48.2 Å². The summed E-state index contributed by atoms with van der Waals surface area (Å²) >= 11 is 0. The Balaban J connectivity index is 1.65. The third-order valence-corrected chi connectivity index (χ3v) is 4.35. The highest BCUT2D eigenvalue weighted by Crippen LogP contribution is 2.34. The third-order valence-electron chi connectivity index (χ3n) is 4.35. The smallest absolute Gasteiger partial charge is 0.227 e. The summed E-state index contributed by atoms with van der Waals surface area (Å²) in [4.78, 5) is 14.5. The molecule has 1 N–H and O–H groups in total. The van der Waals surface area contributed by atoms with Gasteiger partial charge in [0.1, 0.15) is 0 Å². The Hall–Kier alpha value is -0.610. The molecule has 0 aromatic heterocycles. The topological polar surface area (TPSA) is 41.6 Å². The van der Waals surface area contributed by atoms with Crippen molar-refractivity contribution in [2.45, 2.75) is 57.4 Å². The Bertz CT molecular complexity index is 311. The van der Waals surface area contributed by atoms with Crippen LogP contribution in [0.15, 0.2) is 0 Å². The van der Waals surface area contributed by atoms with Gasteiger partial charge in [-0.1, -0.05) is 0 Å². The molecule has 5 atom stereocenters. The summed E-state index contributed by atoms with van der Waals surface area (Å²) in [5.41, 5.74) is 0. The minimum absolute atomic E-state index is 0.175. The largest absolute Gasteiger partial charge is 0.372 e. The normalized spacial score (nSPS) is 45.3. The molecule has 3 aliphatic rings. The average molecular weight is 238 g/mol. The van der Waals surface area contributed by atoms with E-state index in [1.54, 1.807) is 0 Å². The van der Waals surface area contributed by atoms with E-state index in [-0.39, 0.29) is 18.1 Å². The fraction of sp³-hybridized carbons (Fsp3) is 0.923. The summed E-state index contributed by atoms with van der Waals surface area (Å²) < 4.78 is 5.68. The lowest BCUT2D eigenvalue weighted by molar-refractivity contribution is -0.148. The zero-order valence-electron chi connectivity index (χ0n) is 10.7. The highest BCUT2D eigenvalue weighted by Gasteiger charge is 2.44. The van der Waals surface area contributed by atoms with Crippen molar-refractivity contribution in [3.63, 3.8) is 0 Å². The first-order chi connectivity index (χ1) is 8.13. The van der Waals surface area contributed by atoms with Gasteiger partial charge in [-0.15, -0.1) is 0 Å². The standard InChI is InChI=1S/C13H22N2O2/c1-8-6-15(7-9(2)17-8)13(16)11-5-10-3-4-12(11)14-10/h8-12,14H,3-7H2,1-2H3. The maximum Gasteiger partial charge on any atom is 0.227 e. The van der Waals surface area contributed by atoms with Crippen LogP contribution in [0.4, 0.5) is 0 Å². The monoisotopic (exact) mass is 238 g/mol. The van der Waals surface area contributed by atoms with Crippen molar-refractivity contribution >= 4 is 5.91 Å². The van der Waals surface area contributed by atoms with E-state index < -0.39 is 0 Å². The molecule has 1 amide bonds. The molecule has 0 spiro atoms. The van der Waals surface area contributed by atoms with E-state index in [1.807, 2.05) is 4.90 Å². The SMILES string of the molecule is CC1CN(C(=O)C2CC3CCC2N3)CC(C)O1. The number of ether oxygens (including phenoxy) is 1. The summed E-state index contributed by atoms with van der Waals surface area (Å²) in [5, 5.41) is 3.54. The van der Waals surface area contributed by atoms with Crippen LogP contribution in [0.1, 0.15) is 33.1 Å². The van der Waals surface area contributed by atoms with Crippen LogP contribution in [0.25, 0.3) is 0 Å². The first-order valence-corrected chi connectivity index (χ1v) is 6.84. The summed E-state index contributed by atoms with van der Waals surface area (Å²) in [6.45, 7) is 5.62.